The molecule has 7 heteroatoms. The van der Waals surface area contributed by atoms with Crippen molar-refractivity contribution in [2.24, 2.45) is 0 Å². The lowest BCUT2D eigenvalue weighted by atomic mass is 9.93. The number of carbonyl (C=O) groups excluding carboxylic acids is 1. The predicted molar refractivity (Wildman–Crippen MR) is 113 cm³/mol. The van der Waals surface area contributed by atoms with Gasteiger partial charge in [-0.3, -0.25) is 4.79 Å². The Morgan fingerprint density at radius 1 is 1.31 bits per heavy atom. The lowest BCUT2D eigenvalue weighted by molar-refractivity contribution is 0.0939. The van der Waals surface area contributed by atoms with E-state index < -0.39 is 0 Å². The van der Waals surface area contributed by atoms with E-state index in [0.29, 0.717) is 28.8 Å². The van der Waals surface area contributed by atoms with E-state index >= 15 is 0 Å². The van der Waals surface area contributed by atoms with Crippen molar-refractivity contribution in [1.29, 1.82) is 0 Å². The largest absolute Gasteiger partial charge is 0.393 e. The first-order valence-corrected chi connectivity index (χ1v) is 10.1. The number of nitrogens with two attached hydrogens (primary N) is 1. The zero-order valence-electron chi connectivity index (χ0n) is 16.8. The number of nitrogens with one attached hydrogen (secondary N) is 1. The molecule has 0 aliphatic heterocycles. The van der Waals surface area contributed by atoms with Gasteiger partial charge in [0, 0.05) is 6.20 Å². The second kappa shape index (κ2) is 7.83. The van der Waals surface area contributed by atoms with E-state index in [-0.39, 0.29) is 24.1 Å². The summed E-state index contributed by atoms with van der Waals surface area (Å²) in [5.74, 6) is 0.154. The van der Waals surface area contributed by atoms with Crippen molar-refractivity contribution in [3.63, 3.8) is 0 Å². The molecule has 2 unspecified atom stereocenters. The van der Waals surface area contributed by atoms with Gasteiger partial charge in [-0.1, -0.05) is 29.8 Å². The van der Waals surface area contributed by atoms with Crippen LogP contribution in [0.15, 0.2) is 36.5 Å². The van der Waals surface area contributed by atoms with Crippen LogP contribution in [0.3, 0.4) is 0 Å². The topological polar surface area (TPSA) is 106 Å². The van der Waals surface area contributed by atoms with Crippen LogP contribution in [0.4, 0.5) is 5.82 Å². The zero-order chi connectivity index (χ0) is 20.5. The summed E-state index contributed by atoms with van der Waals surface area (Å²) in [6.45, 7) is 3.99. The monoisotopic (exact) mass is 393 g/mol. The number of anilines is 1. The molecule has 0 bridgehead atoms. The normalized spacial score (nSPS) is 20.5. The highest BCUT2D eigenvalue weighted by Gasteiger charge is 2.25. The van der Waals surface area contributed by atoms with Gasteiger partial charge in [-0.25, -0.2) is 9.67 Å². The summed E-state index contributed by atoms with van der Waals surface area (Å²) in [7, 11) is 0. The summed E-state index contributed by atoms with van der Waals surface area (Å²) in [6, 6.07) is 9.79. The van der Waals surface area contributed by atoms with E-state index in [1.807, 2.05) is 42.8 Å². The minimum Gasteiger partial charge on any atom is -0.393 e. The molecule has 4 N–H and O–H groups in total. The number of rotatable bonds is 4. The molecule has 1 fully saturated rings. The molecular weight excluding hydrogens is 366 g/mol. The molecule has 152 valence electrons. The number of hydrogen-bond donors (Lipinski definition) is 3. The number of aryl methyl sites for hydroxylation is 1. The van der Waals surface area contributed by atoms with Gasteiger partial charge in [0.1, 0.15) is 0 Å². The van der Waals surface area contributed by atoms with Crippen molar-refractivity contribution in [2.75, 3.05) is 5.73 Å². The third-order valence-corrected chi connectivity index (χ3v) is 5.73. The number of hydrogen-bond acceptors (Lipinski definition) is 5. The van der Waals surface area contributed by atoms with Gasteiger partial charge in [-0.05, 0) is 51.2 Å². The number of aromatic nitrogens is 3. The number of carbonyl (C=O) groups is 1. The molecule has 1 saturated carbocycles. The average Bonchev–Trinajstić information content (AvgIpc) is 3.04. The number of nitrogen functional groups attached to an aromatic ring is 1. The standard InChI is InChI=1S/C22H27N5O2/c1-13-6-8-15(9-7-13)14(2)25-22(29)16-10-19-20(23)26-27(21(19)24-12-16)17-4-3-5-18(28)11-17/h6-10,12,14,17-18,28H,3-5,11H2,1-2H3,(H2,23,26)(H,25,29)/t14-,17?,18?/m1/s1. The Balaban J connectivity index is 1.56. The van der Waals surface area contributed by atoms with Crippen molar-refractivity contribution in [1.82, 2.24) is 20.1 Å². The molecule has 0 radical (unpaired) electrons. The summed E-state index contributed by atoms with van der Waals surface area (Å²) >= 11 is 0. The van der Waals surface area contributed by atoms with Gasteiger partial charge in [0.25, 0.3) is 5.91 Å². The van der Waals surface area contributed by atoms with Gasteiger partial charge in [-0.2, -0.15) is 5.10 Å². The number of aliphatic hydroxyl groups is 1. The lowest BCUT2D eigenvalue weighted by Crippen LogP contribution is -2.26. The van der Waals surface area contributed by atoms with Crippen molar-refractivity contribution in [3.8, 4) is 0 Å². The Kier molecular flexibility index (Phi) is 5.24. The van der Waals surface area contributed by atoms with Crippen molar-refractivity contribution < 1.29 is 9.90 Å². The smallest absolute Gasteiger partial charge is 0.253 e. The number of nitrogens with zero attached hydrogens (tertiary/aromatic N) is 3. The fraction of sp³-hybridized carbons (Fsp3) is 0.409. The fourth-order valence-electron chi connectivity index (χ4n) is 4.00. The van der Waals surface area contributed by atoms with Crippen LogP contribution < -0.4 is 11.1 Å². The van der Waals surface area contributed by atoms with E-state index in [2.05, 4.69) is 15.4 Å². The van der Waals surface area contributed by atoms with Crippen LogP contribution in [0.25, 0.3) is 11.0 Å². The summed E-state index contributed by atoms with van der Waals surface area (Å²) in [6.07, 6.45) is 4.60. The Labute approximate surface area is 169 Å². The first-order valence-electron chi connectivity index (χ1n) is 10.1. The van der Waals surface area contributed by atoms with Crippen LogP contribution in [0.5, 0.6) is 0 Å². The SMILES string of the molecule is Cc1ccc([C@@H](C)NC(=O)c2cnc3c(c2)c(N)nn3C2CCCC(O)C2)cc1. The van der Waals surface area contributed by atoms with Crippen molar-refractivity contribution in [2.45, 2.75) is 57.7 Å². The number of amides is 1. The summed E-state index contributed by atoms with van der Waals surface area (Å²) in [4.78, 5) is 17.2. The first-order chi connectivity index (χ1) is 13.9. The molecule has 4 rings (SSSR count). The Hall–Kier alpha value is -2.93. The van der Waals surface area contributed by atoms with Crippen LogP contribution >= 0.6 is 0 Å². The number of pyridine rings is 1. The van der Waals surface area contributed by atoms with Crippen molar-refractivity contribution in [3.05, 3.63) is 53.2 Å². The number of fused-ring (bicyclic) bond motifs is 1. The molecule has 3 atom stereocenters. The maximum Gasteiger partial charge on any atom is 0.253 e. The predicted octanol–water partition coefficient (Wildman–Crippen LogP) is 3.29. The highest BCUT2D eigenvalue weighted by atomic mass is 16.3. The summed E-state index contributed by atoms with van der Waals surface area (Å²) in [5.41, 5.74) is 9.46. The van der Waals surface area contributed by atoms with E-state index in [9.17, 15) is 9.90 Å². The van der Waals surface area contributed by atoms with Crippen molar-refractivity contribution >= 4 is 22.8 Å². The fourth-order valence-corrected chi connectivity index (χ4v) is 4.00. The van der Waals surface area contributed by atoms with E-state index in [0.717, 1.165) is 24.8 Å². The van der Waals surface area contributed by atoms with Gasteiger partial charge < -0.3 is 16.2 Å². The Morgan fingerprint density at radius 3 is 2.79 bits per heavy atom. The molecule has 2 heterocycles. The first kappa shape index (κ1) is 19.4. The third kappa shape index (κ3) is 3.96. The molecular formula is C22H27N5O2. The molecule has 1 amide bonds. The van der Waals surface area contributed by atoms with Gasteiger partial charge in [0.05, 0.1) is 29.1 Å². The van der Waals surface area contributed by atoms with Gasteiger partial charge in [-0.15, -0.1) is 0 Å². The molecule has 2 aromatic heterocycles. The minimum absolute atomic E-state index is 0.0762. The lowest BCUT2D eigenvalue weighted by Gasteiger charge is -2.26. The molecule has 1 aromatic carbocycles. The van der Waals surface area contributed by atoms with Crippen LogP contribution in [0, 0.1) is 6.92 Å². The van der Waals surface area contributed by atoms with E-state index in [1.54, 1.807) is 12.3 Å². The van der Waals surface area contributed by atoms with Crippen LogP contribution in [0.2, 0.25) is 0 Å². The Bertz CT molecular complexity index is 1030. The highest BCUT2D eigenvalue weighted by Crippen LogP contribution is 2.32. The second-order valence-corrected chi connectivity index (χ2v) is 8.01. The molecule has 7 nitrogen and oxygen atoms in total. The van der Waals surface area contributed by atoms with Crippen LogP contribution in [0.1, 0.15) is 66.2 Å². The third-order valence-electron chi connectivity index (χ3n) is 5.73. The molecule has 0 spiro atoms. The van der Waals surface area contributed by atoms with E-state index in [4.69, 9.17) is 5.73 Å². The number of benzene rings is 1. The van der Waals surface area contributed by atoms with E-state index in [1.165, 1.54) is 5.56 Å². The average molecular weight is 393 g/mol. The van der Waals surface area contributed by atoms with Gasteiger partial charge in [0.2, 0.25) is 0 Å². The van der Waals surface area contributed by atoms with Gasteiger partial charge in [0.15, 0.2) is 11.5 Å². The summed E-state index contributed by atoms with van der Waals surface area (Å²) in [5, 5.41) is 18.1. The highest BCUT2D eigenvalue weighted by molar-refractivity contribution is 5.99. The Morgan fingerprint density at radius 2 is 2.07 bits per heavy atom. The zero-order valence-corrected chi connectivity index (χ0v) is 16.8. The second-order valence-electron chi connectivity index (χ2n) is 8.01. The maximum absolute atomic E-state index is 12.7. The molecule has 1 aliphatic rings. The quantitative estimate of drug-likeness (QED) is 0.631. The molecule has 1 aliphatic carbocycles. The summed E-state index contributed by atoms with van der Waals surface area (Å²) < 4.78 is 1.81. The minimum atomic E-state index is -0.317. The number of aliphatic hydroxyl groups excluding tert-OH is 1. The molecule has 0 saturated heterocycles. The molecule has 3 aromatic rings. The maximum atomic E-state index is 12.7. The molecule has 29 heavy (non-hydrogen) atoms. The van der Waals surface area contributed by atoms with Crippen LogP contribution in [-0.2, 0) is 0 Å². The van der Waals surface area contributed by atoms with Gasteiger partial charge >= 0.3 is 0 Å². The van der Waals surface area contributed by atoms with Crippen LogP contribution in [-0.4, -0.2) is 31.9 Å².